The third-order valence-corrected chi connectivity index (χ3v) is 3.10. The maximum atomic E-state index is 11.0. The van der Waals surface area contributed by atoms with Crippen LogP contribution in [-0.4, -0.2) is 74.5 Å². The van der Waals surface area contributed by atoms with Gasteiger partial charge in [0.1, 0.15) is 0 Å². The molecule has 88 valence electrons. The fraction of sp³-hybridized carbons (Fsp3) is 0.909. The van der Waals surface area contributed by atoms with E-state index in [9.17, 15) is 4.79 Å². The van der Waals surface area contributed by atoms with Gasteiger partial charge in [-0.05, 0) is 47.1 Å². The molecule has 4 heteroatoms. The molecule has 1 fully saturated rings. The molecule has 0 aromatic carbocycles. The van der Waals surface area contributed by atoms with Crippen molar-refractivity contribution in [3.63, 3.8) is 0 Å². The summed E-state index contributed by atoms with van der Waals surface area (Å²) in [6, 6.07) is 0.457. The van der Waals surface area contributed by atoms with E-state index in [1.54, 1.807) is 0 Å². The van der Waals surface area contributed by atoms with Crippen LogP contribution in [0, 0.1) is 0 Å². The molecule has 4 nitrogen and oxygen atoms in total. The number of nitrogens with zero attached hydrogens (tertiary/aromatic N) is 3. The second-order valence-electron chi connectivity index (χ2n) is 4.68. The van der Waals surface area contributed by atoms with Crippen LogP contribution in [0.4, 0.5) is 0 Å². The third kappa shape index (κ3) is 4.18. The predicted molar refractivity (Wildman–Crippen MR) is 61.8 cm³/mol. The highest BCUT2D eigenvalue weighted by Crippen LogP contribution is 2.13. The molecule has 1 saturated heterocycles. The first-order valence-electron chi connectivity index (χ1n) is 5.68. The van der Waals surface area contributed by atoms with Crippen LogP contribution in [0.3, 0.4) is 0 Å². The maximum Gasteiger partial charge on any atom is 0.209 e. The van der Waals surface area contributed by atoms with Gasteiger partial charge in [-0.25, -0.2) is 0 Å². The first-order chi connectivity index (χ1) is 7.13. The molecule has 1 aliphatic heterocycles. The van der Waals surface area contributed by atoms with Crippen LogP contribution in [-0.2, 0) is 4.79 Å². The summed E-state index contributed by atoms with van der Waals surface area (Å²) < 4.78 is 0. The van der Waals surface area contributed by atoms with Crippen LogP contribution in [0.5, 0.6) is 0 Å². The summed E-state index contributed by atoms with van der Waals surface area (Å²) >= 11 is 0. The van der Waals surface area contributed by atoms with E-state index in [1.807, 2.05) is 19.0 Å². The molecule has 0 N–H and O–H groups in total. The lowest BCUT2D eigenvalue weighted by molar-refractivity contribution is -0.121. The van der Waals surface area contributed by atoms with Gasteiger partial charge >= 0.3 is 0 Å². The van der Waals surface area contributed by atoms with Gasteiger partial charge in [0, 0.05) is 19.1 Å². The first-order valence-corrected chi connectivity index (χ1v) is 5.68. The number of carbonyl (C=O) groups is 1. The van der Waals surface area contributed by atoms with E-state index >= 15 is 0 Å². The molecule has 1 aliphatic rings. The van der Waals surface area contributed by atoms with Crippen molar-refractivity contribution in [1.82, 2.24) is 14.7 Å². The van der Waals surface area contributed by atoms with E-state index < -0.39 is 0 Å². The van der Waals surface area contributed by atoms with E-state index in [1.165, 1.54) is 0 Å². The van der Waals surface area contributed by atoms with E-state index in [0.717, 1.165) is 45.4 Å². The number of likely N-dealkylation sites (N-methyl/N-ethyl adjacent to an activating group) is 1. The zero-order valence-corrected chi connectivity index (χ0v) is 10.1. The number of likely N-dealkylation sites (tertiary alicyclic amines) is 1. The Morgan fingerprint density at radius 2 is 1.87 bits per heavy atom. The number of carbonyl (C=O) groups excluding carboxylic acids is 1. The lowest BCUT2D eigenvalue weighted by atomic mass is 10.0. The van der Waals surface area contributed by atoms with E-state index in [2.05, 4.69) is 16.8 Å². The van der Waals surface area contributed by atoms with Crippen molar-refractivity contribution in [3.8, 4) is 0 Å². The van der Waals surface area contributed by atoms with Gasteiger partial charge < -0.3 is 14.7 Å². The van der Waals surface area contributed by atoms with Crippen LogP contribution in [0.25, 0.3) is 0 Å². The summed E-state index contributed by atoms with van der Waals surface area (Å²) in [7, 11) is 6.22. The van der Waals surface area contributed by atoms with Crippen molar-refractivity contribution >= 4 is 6.41 Å². The van der Waals surface area contributed by atoms with Gasteiger partial charge in [0.2, 0.25) is 6.41 Å². The average molecular weight is 213 g/mol. The zero-order chi connectivity index (χ0) is 11.3. The monoisotopic (exact) mass is 213 g/mol. The Kier molecular flexibility index (Phi) is 5.05. The van der Waals surface area contributed by atoms with E-state index in [0.29, 0.717) is 6.04 Å². The SMILES string of the molecule is CN(C)CCN(C=O)C1CCN(C)CC1. The van der Waals surface area contributed by atoms with Crippen LogP contribution in [0.15, 0.2) is 0 Å². The maximum absolute atomic E-state index is 11.0. The average Bonchev–Trinajstić information content (AvgIpc) is 2.21. The molecule has 1 amide bonds. The molecule has 0 spiro atoms. The minimum atomic E-state index is 0.457. The fourth-order valence-corrected chi connectivity index (χ4v) is 1.96. The second kappa shape index (κ2) is 6.08. The Bertz CT molecular complexity index is 188. The van der Waals surface area contributed by atoms with E-state index in [4.69, 9.17) is 0 Å². The molecule has 15 heavy (non-hydrogen) atoms. The largest absolute Gasteiger partial charge is 0.341 e. The number of piperidine rings is 1. The highest BCUT2D eigenvalue weighted by molar-refractivity contribution is 5.47. The minimum Gasteiger partial charge on any atom is -0.341 e. The Labute approximate surface area is 92.8 Å². The normalized spacial score (nSPS) is 19.5. The minimum absolute atomic E-state index is 0.457. The molecule has 0 saturated carbocycles. The number of amides is 1. The fourth-order valence-electron chi connectivity index (χ4n) is 1.96. The van der Waals surface area contributed by atoms with Crippen molar-refractivity contribution in [3.05, 3.63) is 0 Å². The molecule has 0 radical (unpaired) electrons. The van der Waals surface area contributed by atoms with Gasteiger partial charge in [-0.15, -0.1) is 0 Å². The molecule has 1 rings (SSSR count). The van der Waals surface area contributed by atoms with Crippen LogP contribution in [0.1, 0.15) is 12.8 Å². The summed E-state index contributed by atoms with van der Waals surface area (Å²) in [6.07, 6.45) is 3.24. The quantitative estimate of drug-likeness (QED) is 0.606. The first kappa shape index (κ1) is 12.5. The summed E-state index contributed by atoms with van der Waals surface area (Å²) in [4.78, 5) is 17.4. The molecule has 0 bridgehead atoms. The van der Waals surface area contributed by atoms with Crippen LogP contribution >= 0.6 is 0 Å². The summed E-state index contributed by atoms with van der Waals surface area (Å²) in [5, 5.41) is 0. The van der Waals surface area contributed by atoms with Crippen molar-refractivity contribution in [1.29, 1.82) is 0 Å². The molecular formula is C11H23N3O. The molecule has 1 heterocycles. The Balaban J connectivity index is 2.34. The lowest BCUT2D eigenvalue weighted by Crippen LogP contribution is -2.45. The van der Waals surface area contributed by atoms with Crippen molar-refractivity contribution < 1.29 is 4.79 Å². The highest BCUT2D eigenvalue weighted by atomic mass is 16.1. The molecule has 0 atom stereocenters. The van der Waals surface area contributed by atoms with Gasteiger partial charge in [-0.3, -0.25) is 4.79 Å². The smallest absolute Gasteiger partial charge is 0.209 e. The van der Waals surface area contributed by atoms with Crippen LogP contribution in [0.2, 0.25) is 0 Å². The Morgan fingerprint density at radius 1 is 1.27 bits per heavy atom. The van der Waals surface area contributed by atoms with Gasteiger partial charge in [0.15, 0.2) is 0 Å². The summed E-state index contributed by atoms with van der Waals surface area (Å²) in [5.41, 5.74) is 0. The van der Waals surface area contributed by atoms with Crippen molar-refractivity contribution in [2.45, 2.75) is 18.9 Å². The van der Waals surface area contributed by atoms with Crippen LogP contribution < -0.4 is 0 Å². The molecule has 0 unspecified atom stereocenters. The molecule has 0 aliphatic carbocycles. The number of rotatable bonds is 5. The van der Waals surface area contributed by atoms with Gasteiger partial charge in [0.25, 0.3) is 0 Å². The van der Waals surface area contributed by atoms with Gasteiger partial charge in [0.05, 0.1) is 0 Å². The summed E-state index contributed by atoms with van der Waals surface area (Å²) in [5.74, 6) is 0. The third-order valence-electron chi connectivity index (χ3n) is 3.10. The zero-order valence-electron chi connectivity index (χ0n) is 10.1. The Hall–Kier alpha value is -0.610. The molecule has 0 aromatic rings. The highest BCUT2D eigenvalue weighted by Gasteiger charge is 2.21. The van der Waals surface area contributed by atoms with Gasteiger partial charge in [-0.2, -0.15) is 0 Å². The lowest BCUT2D eigenvalue weighted by Gasteiger charge is -2.35. The van der Waals surface area contributed by atoms with Gasteiger partial charge in [-0.1, -0.05) is 0 Å². The topological polar surface area (TPSA) is 26.8 Å². The number of hydrogen-bond acceptors (Lipinski definition) is 3. The van der Waals surface area contributed by atoms with Crippen molar-refractivity contribution in [2.75, 3.05) is 47.3 Å². The van der Waals surface area contributed by atoms with E-state index in [-0.39, 0.29) is 0 Å². The number of hydrogen-bond donors (Lipinski definition) is 0. The second-order valence-corrected chi connectivity index (χ2v) is 4.68. The predicted octanol–water partition coefficient (Wildman–Crippen LogP) is 0.101. The molecular weight excluding hydrogens is 190 g/mol. The Morgan fingerprint density at radius 3 is 2.33 bits per heavy atom. The molecule has 0 aromatic heterocycles. The summed E-state index contributed by atoms with van der Waals surface area (Å²) in [6.45, 7) is 4.02. The standard InChI is InChI=1S/C11H23N3O/c1-12(2)8-9-14(10-15)11-4-6-13(3)7-5-11/h10-11H,4-9H2,1-3H3. The van der Waals surface area contributed by atoms with Crippen molar-refractivity contribution in [2.24, 2.45) is 0 Å².